The van der Waals surface area contributed by atoms with Gasteiger partial charge in [0.05, 0.1) is 7.11 Å². The molecule has 0 saturated carbocycles. The number of methoxy groups -OCH3 is 1. The molecule has 0 aliphatic rings. The zero-order valence-corrected chi connectivity index (χ0v) is 10.7. The predicted molar refractivity (Wildman–Crippen MR) is 65.1 cm³/mol. The molecule has 3 N–H and O–H groups in total. The maximum absolute atomic E-state index is 11.2. The number of rotatable bonds is 9. The lowest BCUT2D eigenvalue weighted by atomic mass is 10.1. The molecule has 0 aromatic carbocycles. The lowest BCUT2D eigenvalue weighted by molar-refractivity contribution is -0.151. The van der Waals surface area contributed by atoms with E-state index in [9.17, 15) is 14.4 Å². The van der Waals surface area contributed by atoms with Crippen LogP contribution in [0.1, 0.15) is 25.7 Å². The molecule has 0 aromatic rings. The number of ether oxygens (including phenoxy) is 1. The smallest absolute Gasteiger partial charge is 0.374 e. The second kappa shape index (κ2) is 10.1. The maximum Gasteiger partial charge on any atom is 0.374 e. The van der Waals surface area contributed by atoms with Crippen LogP contribution in [-0.4, -0.2) is 37.1 Å². The monoisotopic (exact) mass is 262 g/mol. The zero-order valence-electron chi connectivity index (χ0n) is 9.86. The van der Waals surface area contributed by atoms with Gasteiger partial charge in [0.2, 0.25) is 11.7 Å². The Kier molecular flexibility index (Phi) is 9.46. The van der Waals surface area contributed by atoms with Crippen LogP contribution in [0, 0.1) is 0 Å². The van der Waals surface area contributed by atoms with Gasteiger partial charge in [-0.15, -0.1) is 0 Å². The number of Topliss-reactive ketones (excluding diaryl/α,β-unsaturated/α-hetero) is 1. The first-order valence-electron chi connectivity index (χ1n) is 5.31. The van der Waals surface area contributed by atoms with Crippen molar-refractivity contribution >= 4 is 29.6 Å². The molecule has 0 radical (unpaired) electrons. The molecule has 7 heteroatoms. The van der Waals surface area contributed by atoms with Gasteiger partial charge in [-0.1, -0.05) is 11.9 Å². The number of carbonyl (C=O) groups excluding carboxylic acids is 3. The van der Waals surface area contributed by atoms with E-state index in [0.717, 1.165) is 0 Å². The van der Waals surface area contributed by atoms with Crippen molar-refractivity contribution in [3.8, 4) is 0 Å². The van der Waals surface area contributed by atoms with Gasteiger partial charge in [0.15, 0.2) is 0 Å². The minimum Gasteiger partial charge on any atom is -0.463 e. The van der Waals surface area contributed by atoms with Gasteiger partial charge in [0.25, 0.3) is 0 Å². The lowest BCUT2D eigenvalue weighted by Gasteiger charge is -2.03. The average Bonchev–Trinajstić information content (AvgIpc) is 2.33. The molecule has 0 atom stereocenters. The van der Waals surface area contributed by atoms with Crippen LogP contribution in [0.5, 0.6) is 0 Å². The lowest BCUT2D eigenvalue weighted by Crippen LogP contribution is -2.25. The second-order valence-corrected chi connectivity index (χ2v) is 4.08. The summed E-state index contributed by atoms with van der Waals surface area (Å²) in [5, 5.41) is 7.88. The number of hydrogen-bond donors (Lipinski definition) is 2. The van der Waals surface area contributed by atoms with Crippen molar-refractivity contribution in [3.05, 3.63) is 0 Å². The van der Waals surface area contributed by atoms with Crippen LogP contribution in [0.3, 0.4) is 0 Å². The first-order valence-corrected chi connectivity index (χ1v) is 6.36. The van der Waals surface area contributed by atoms with Gasteiger partial charge in [-0.25, -0.2) is 4.79 Å². The summed E-state index contributed by atoms with van der Waals surface area (Å²) >= 11 is 1.17. The fourth-order valence-corrected chi connectivity index (χ4v) is 1.34. The van der Waals surface area contributed by atoms with Gasteiger partial charge < -0.3 is 10.1 Å². The largest absolute Gasteiger partial charge is 0.463 e. The van der Waals surface area contributed by atoms with Crippen molar-refractivity contribution in [2.75, 3.05) is 19.4 Å². The number of ketones is 1. The predicted octanol–water partition coefficient (Wildman–Crippen LogP) is 0.0120. The summed E-state index contributed by atoms with van der Waals surface area (Å²) in [6.07, 6.45) is 1.56. The number of esters is 1. The van der Waals surface area contributed by atoms with Crippen molar-refractivity contribution in [2.24, 2.45) is 5.14 Å². The fraction of sp³-hybridized carbons (Fsp3) is 0.700. The summed E-state index contributed by atoms with van der Waals surface area (Å²) < 4.78 is 4.27. The molecule has 0 saturated heterocycles. The molecule has 0 bridgehead atoms. The molecule has 17 heavy (non-hydrogen) atoms. The molecule has 1 amide bonds. The van der Waals surface area contributed by atoms with E-state index in [4.69, 9.17) is 5.14 Å². The van der Waals surface area contributed by atoms with Crippen molar-refractivity contribution in [1.29, 1.82) is 0 Å². The first kappa shape index (κ1) is 15.9. The van der Waals surface area contributed by atoms with Crippen LogP contribution < -0.4 is 10.5 Å². The number of hydrogen-bond acceptors (Lipinski definition) is 6. The number of carbonyl (C=O) groups is 3. The third kappa shape index (κ3) is 8.70. The molecule has 98 valence electrons. The zero-order chi connectivity index (χ0) is 13.1. The summed E-state index contributed by atoms with van der Waals surface area (Å²) in [6.45, 7) is 0.543. The van der Waals surface area contributed by atoms with E-state index in [-0.39, 0.29) is 12.3 Å². The third-order valence-corrected chi connectivity index (χ3v) is 2.45. The number of unbranched alkanes of at least 4 members (excludes halogenated alkanes) is 1. The Labute approximate surface area is 105 Å². The maximum atomic E-state index is 11.2. The third-order valence-electron chi connectivity index (χ3n) is 2.01. The summed E-state index contributed by atoms with van der Waals surface area (Å²) in [5.74, 6) is -0.765. The molecule has 0 aliphatic heterocycles. The average molecular weight is 262 g/mol. The topological polar surface area (TPSA) is 98.5 Å². The Morgan fingerprint density at radius 2 is 1.88 bits per heavy atom. The highest BCUT2D eigenvalue weighted by atomic mass is 32.2. The van der Waals surface area contributed by atoms with Crippen LogP contribution in [0.4, 0.5) is 0 Å². The number of nitrogens with two attached hydrogens (primary N) is 1. The molecular weight excluding hydrogens is 244 g/mol. The first-order chi connectivity index (χ1) is 8.11. The van der Waals surface area contributed by atoms with Crippen LogP contribution in [0.2, 0.25) is 0 Å². The van der Waals surface area contributed by atoms with Crippen molar-refractivity contribution in [3.63, 3.8) is 0 Å². The molecule has 0 fully saturated rings. The Bertz CT molecular complexity index is 271. The van der Waals surface area contributed by atoms with E-state index in [1.54, 1.807) is 0 Å². The Morgan fingerprint density at radius 3 is 2.47 bits per heavy atom. The summed E-state index contributed by atoms with van der Waals surface area (Å²) in [5.41, 5.74) is 0. The van der Waals surface area contributed by atoms with Crippen LogP contribution in [0.25, 0.3) is 0 Å². The van der Waals surface area contributed by atoms with E-state index in [1.165, 1.54) is 19.1 Å². The molecule has 0 heterocycles. The van der Waals surface area contributed by atoms with Gasteiger partial charge in [0, 0.05) is 25.1 Å². The normalized spacial score (nSPS) is 9.76. The van der Waals surface area contributed by atoms with E-state index >= 15 is 0 Å². The number of nitrogens with one attached hydrogen (secondary N) is 1. The minimum absolute atomic E-state index is 0.0652. The quantitative estimate of drug-likeness (QED) is 0.263. The Hall–Kier alpha value is -1.08. The van der Waals surface area contributed by atoms with E-state index in [1.807, 2.05) is 0 Å². The minimum atomic E-state index is -0.825. The molecule has 0 aromatic heterocycles. The van der Waals surface area contributed by atoms with Gasteiger partial charge in [-0.05, 0) is 12.8 Å². The Balaban J connectivity index is 3.48. The van der Waals surface area contributed by atoms with Crippen molar-refractivity contribution in [1.82, 2.24) is 5.32 Å². The summed E-state index contributed by atoms with van der Waals surface area (Å²) in [4.78, 5) is 33.0. The molecule has 0 unspecified atom stereocenters. The van der Waals surface area contributed by atoms with E-state index in [2.05, 4.69) is 10.1 Å². The van der Waals surface area contributed by atoms with Crippen LogP contribution >= 0.6 is 11.9 Å². The molecule has 0 spiro atoms. The van der Waals surface area contributed by atoms with Crippen LogP contribution in [0.15, 0.2) is 0 Å². The summed E-state index contributed by atoms with van der Waals surface area (Å²) in [7, 11) is 1.17. The van der Waals surface area contributed by atoms with Gasteiger partial charge in [-0.2, -0.15) is 0 Å². The van der Waals surface area contributed by atoms with Gasteiger partial charge in [0.1, 0.15) is 0 Å². The number of amides is 1. The Morgan fingerprint density at radius 1 is 1.24 bits per heavy atom. The molecule has 0 rings (SSSR count). The second-order valence-electron chi connectivity index (χ2n) is 3.34. The fourth-order valence-electron chi connectivity index (χ4n) is 1.12. The standard InChI is InChI=1S/C10H18N2O4S/c1-16-10(15)8(13)4-2-3-5-9(14)12-6-7-17-11/h2-7,11H2,1H3,(H,12,14). The van der Waals surface area contributed by atoms with E-state index < -0.39 is 11.8 Å². The highest BCUT2D eigenvalue weighted by Gasteiger charge is 2.12. The van der Waals surface area contributed by atoms with Crippen molar-refractivity contribution < 1.29 is 19.1 Å². The van der Waals surface area contributed by atoms with Gasteiger partial charge in [-0.3, -0.25) is 14.7 Å². The highest BCUT2D eigenvalue weighted by molar-refractivity contribution is 7.97. The van der Waals surface area contributed by atoms with Gasteiger partial charge >= 0.3 is 5.97 Å². The SMILES string of the molecule is COC(=O)C(=O)CCCCC(=O)NCCSN. The highest BCUT2D eigenvalue weighted by Crippen LogP contribution is 2.01. The molecule has 6 nitrogen and oxygen atoms in total. The molecule has 0 aliphatic carbocycles. The van der Waals surface area contributed by atoms with Crippen molar-refractivity contribution in [2.45, 2.75) is 25.7 Å². The molecular formula is C10H18N2O4S. The van der Waals surface area contributed by atoms with E-state index in [0.29, 0.717) is 31.6 Å². The van der Waals surface area contributed by atoms with Crippen LogP contribution in [-0.2, 0) is 19.1 Å². The summed E-state index contributed by atoms with van der Waals surface area (Å²) in [6, 6.07) is 0.